The summed E-state index contributed by atoms with van der Waals surface area (Å²) >= 11 is 15.5. The molecule has 0 aliphatic heterocycles. The molecule has 0 bridgehead atoms. The van der Waals surface area contributed by atoms with E-state index in [-0.39, 0.29) is 0 Å². The van der Waals surface area contributed by atoms with Crippen LogP contribution in [0.4, 0.5) is 23.3 Å². The second-order valence-corrected chi connectivity index (χ2v) is 7.45. The highest BCUT2D eigenvalue weighted by Gasteiger charge is 2.25. The van der Waals surface area contributed by atoms with Gasteiger partial charge >= 0.3 is 0 Å². The molecule has 2 heterocycles. The Morgan fingerprint density at radius 1 is 1.16 bits per heavy atom. The predicted molar refractivity (Wildman–Crippen MR) is 103 cm³/mol. The average Bonchev–Trinajstić information content (AvgIpc) is 3.33. The van der Waals surface area contributed by atoms with Crippen LogP contribution in [0.5, 0.6) is 0 Å². The van der Waals surface area contributed by atoms with Crippen LogP contribution >= 0.6 is 39.1 Å². The maximum Gasteiger partial charge on any atom is 0.229 e. The molecule has 128 valence electrons. The fourth-order valence-corrected chi connectivity index (χ4v) is 3.10. The molecule has 0 radical (unpaired) electrons. The molecule has 3 aromatic rings. The van der Waals surface area contributed by atoms with Crippen LogP contribution in [0.25, 0.3) is 0 Å². The highest BCUT2D eigenvalue weighted by Crippen LogP contribution is 2.39. The molecular formula is C16H13BrCl2N6. The maximum atomic E-state index is 6.18. The Labute approximate surface area is 162 Å². The van der Waals surface area contributed by atoms with Crippen molar-refractivity contribution in [3.8, 4) is 0 Å². The summed E-state index contributed by atoms with van der Waals surface area (Å²) < 4.78 is 0.733. The van der Waals surface area contributed by atoms with Gasteiger partial charge in [-0.25, -0.2) is 4.98 Å². The fraction of sp³-hybridized carbons (Fsp3) is 0.188. The molecule has 1 saturated carbocycles. The van der Waals surface area contributed by atoms with E-state index >= 15 is 0 Å². The average molecular weight is 440 g/mol. The molecule has 2 aromatic heterocycles. The van der Waals surface area contributed by atoms with E-state index in [9.17, 15) is 0 Å². The molecule has 1 aromatic carbocycles. The standard InChI is InChI=1S/C16H13BrCl2N6/c17-10-7-20-16(21-12-4-3-9(18)5-11(12)19)23-15(10)22-14-6-13(24-25-14)8-1-2-8/h3-8H,1-2H2,(H3,20,21,22,23,24,25). The van der Waals surface area contributed by atoms with E-state index in [2.05, 4.69) is 46.7 Å². The van der Waals surface area contributed by atoms with Gasteiger partial charge in [0, 0.05) is 28.9 Å². The minimum atomic E-state index is 0.410. The van der Waals surface area contributed by atoms with Crippen molar-refractivity contribution in [2.45, 2.75) is 18.8 Å². The Kier molecular flexibility index (Phi) is 4.54. The van der Waals surface area contributed by atoms with Crippen LogP contribution in [-0.2, 0) is 0 Å². The third-order valence-corrected chi connectivity index (χ3v) is 4.91. The normalized spacial score (nSPS) is 13.7. The molecule has 1 fully saturated rings. The van der Waals surface area contributed by atoms with Crippen LogP contribution in [0, 0.1) is 0 Å². The largest absolute Gasteiger partial charge is 0.323 e. The minimum absolute atomic E-state index is 0.410. The number of nitrogens with zero attached hydrogens (tertiary/aromatic N) is 3. The van der Waals surface area contributed by atoms with E-state index in [1.807, 2.05) is 6.07 Å². The molecule has 0 atom stereocenters. The first kappa shape index (κ1) is 16.6. The van der Waals surface area contributed by atoms with Crippen LogP contribution in [0.3, 0.4) is 0 Å². The quantitative estimate of drug-likeness (QED) is 0.479. The maximum absolute atomic E-state index is 6.18. The number of H-pyrrole nitrogens is 1. The fourth-order valence-electron chi connectivity index (χ4n) is 2.35. The monoisotopic (exact) mass is 438 g/mol. The Morgan fingerprint density at radius 3 is 2.76 bits per heavy atom. The summed E-state index contributed by atoms with van der Waals surface area (Å²) in [6, 6.07) is 7.19. The number of nitrogens with one attached hydrogen (secondary N) is 3. The van der Waals surface area contributed by atoms with Gasteiger partial charge in [-0.3, -0.25) is 5.10 Å². The number of aromatic amines is 1. The summed E-state index contributed by atoms with van der Waals surface area (Å²) in [5.41, 5.74) is 1.83. The lowest BCUT2D eigenvalue weighted by Gasteiger charge is -2.10. The molecule has 1 aliphatic rings. The van der Waals surface area contributed by atoms with Gasteiger partial charge in [-0.15, -0.1) is 0 Å². The van der Waals surface area contributed by atoms with Gasteiger partial charge in [-0.1, -0.05) is 23.2 Å². The third-order valence-electron chi connectivity index (χ3n) is 3.78. The van der Waals surface area contributed by atoms with Gasteiger partial charge in [0.15, 0.2) is 11.6 Å². The number of hydrogen-bond acceptors (Lipinski definition) is 5. The van der Waals surface area contributed by atoms with Crippen molar-refractivity contribution < 1.29 is 0 Å². The number of benzene rings is 1. The Hall–Kier alpha value is -1.83. The number of rotatable bonds is 5. The number of aromatic nitrogens is 4. The minimum Gasteiger partial charge on any atom is -0.323 e. The number of halogens is 3. The Morgan fingerprint density at radius 2 is 2.00 bits per heavy atom. The van der Waals surface area contributed by atoms with E-state index < -0.39 is 0 Å². The van der Waals surface area contributed by atoms with Gasteiger partial charge in [0.1, 0.15) is 0 Å². The molecule has 0 unspecified atom stereocenters. The highest BCUT2D eigenvalue weighted by atomic mass is 79.9. The van der Waals surface area contributed by atoms with Crippen molar-refractivity contribution in [1.82, 2.24) is 20.2 Å². The van der Waals surface area contributed by atoms with E-state index in [1.54, 1.807) is 24.4 Å². The van der Waals surface area contributed by atoms with Gasteiger partial charge in [-0.05, 0) is 47.0 Å². The SMILES string of the molecule is Clc1ccc(Nc2ncc(Br)c(Nc3cc(C4CC4)[nH]n3)n2)c(Cl)c1. The summed E-state index contributed by atoms with van der Waals surface area (Å²) in [7, 11) is 0. The van der Waals surface area contributed by atoms with E-state index in [4.69, 9.17) is 23.2 Å². The van der Waals surface area contributed by atoms with Gasteiger partial charge < -0.3 is 10.6 Å². The lowest BCUT2D eigenvalue weighted by atomic mass is 10.3. The molecule has 6 nitrogen and oxygen atoms in total. The van der Waals surface area contributed by atoms with Crippen molar-refractivity contribution in [1.29, 1.82) is 0 Å². The number of anilines is 4. The topological polar surface area (TPSA) is 78.5 Å². The van der Waals surface area contributed by atoms with Crippen LogP contribution in [-0.4, -0.2) is 20.2 Å². The summed E-state index contributed by atoms with van der Waals surface area (Å²) in [6.07, 6.45) is 4.10. The molecule has 9 heteroatoms. The highest BCUT2D eigenvalue weighted by molar-refractivity contribution is 9.10. The van der Waals surface area contributed by atoms with Crippen molar-refractivity contribution in [2.24, 2.45) is 0 Å². The lowest BCUT2D eigenvalue weighted by molar-refractivity contribution is 0.966. The zero-order valence-electron chi connectivity index (χ0n) is 12.9. The second-order valence-electron chi connectivity index (χ2n) is 5.75. The first-order valence-corrected chi connectivity index (χ1v) is 9.20. The van der Waals surface area contributed by atoms with Crippen LogP contribution in [0.15, 0.2) is 34.9 Å². The molecule has 4 rings (SSSR count). The van der Waals surface area contributed by atoms with Crippen molar-refractivity contribution in [3.05, 3.63) is 50.7 Å². The van der Waals surface area contributed by atoms with Crippen LogP contribution in [0.2, 0.25) is 10.0 Å². The van der Waals surface area contributed by atoms with Gasteiger partial charge in [-0.2, -0.15) is 10.1 Å². The Balaban J connectivity index is 1.55. The summed E-state index contributed by atoms with van der Waals surface area (Å²) in [5.74, 6) is 2.35. The van der Waals surface area contributed by atoms with E-state index in [1.165, 1.54) is 12.8 Å². The molecule has 0 amide bonds. The molecule has 25 heavy (non-hydrogen) atoms. The second kappa shape index (κ2) is 6.82. The van der Waals surface area contributed by atoms with Gasteiger partial charge in [0.05, 0.1) is 15.2 Å². The summed E-state index contributed by atoms with van der Waals surface area (Å²) in [4.78, 5) is 8.72. The summed E-state index contributed by atoms with van der Waals surface area (Å²) in [5, 5.41) is 14.7. The zero-order chi connectivity index (χ0) is 17.4. The van der Waals surface area contributed by atoms with Crippen molar-refractivity contribution in [2.75, 3.05) is 10.6 Å². The Bertz CT molecular complexity index is 925. The molecule has 1 aliphatic carbocycles. The first-order chi connectivity index (χ1) is 12.1. The van der Waals surface area contributed by atoms with Crippen molar-refractivity contribution in [3.63, 3.8) is 0 Å². The van der Waals surface area contributed by atoms with Crippen LogP contribution < -0.4 is 10.6 Å². The molecule has 3 N–H and O–H groups in total. The summed E-state index contributed by atoms with van der Waals surface area (Å²) in [6.45, 7) is 0. The smallest absolute Gasteiger partial charge is 0.229 e. The molecule has 0 spiro atoms. The van der Waals surface area contributed by atoms with E-state index in [0.29, 0.717) is 33.4 Å². The first-order valence-electron chi connectivity index (χ1n) is 7.65. The lowest BCUT2D eigenvalue weighted by Crippen LogP contribution is -2.02. The van der Waals surface area contributed by atoms with Gasteiger partial charge in [0.25, 0.3) is 0 Å². The molecule has 0 saturated heterocycles. The molecular weight excluding hydrogens is 427 g/mol. The third kappa shape index (κ3) is 3.89. The predicted octanol–water partition coefficient (Wildman–Crippen LogP) is 5.63. The van der Waals surface area contributed by atoms with E-state index in [0.717, 1.165) is 16.0 Å². The van der Waals surface area contributed by atoms with Gasteiger partial charge in [0.2, 0.25) is 5.95 Å². The van der Waals surface area contributed by atoms with Crippen molar-refractivity contribution >= 4 is 62.4 Å². The zero-order valence-corrected chi connectivity index (χ0v) is 16.0. The number of hydrogen-bond donors (Lipinski definition) is 3. The van der Waals surface area contributed by atoms with Crippen LogP contribution in [0.1, 0.15) is 24.5 Å².